The highest BCUT2D eigenvalue weighted by Gasteiger charge is 2.20. The second kappa shape index (κ2) is 8.06. The van der Waals surface area contributed by atoms with Gasteiger partial charge in [-0.05, 0) is 26.4 Å². The van der Waals surface area contributed by atoms with E-state index >= 15 is 0 Å². The molecule has 1 atom stereocenters. The molecule has 3 amide bonds. The molecule has 6 nitrogen and oxygen atoms in total. The third-order valence-corrected chi connectivity index (χ3v) is 2.45. The van der Waals surface area contributed by atoms with Crippen LogP contribution < -0.4 is 16.4 Å². The molecule has 0 radical (unpaired) electrons. The first kappa shape index (κ1) is 14.9. The molecule has 94 valence electrons. The van der Waals surface area contributed by atoms with E-state index in [1.165, 1.54) is 7.05 Å². The average molecular weight is 230 g/mol. The van der Waals surface area contributed by atoms with E-state index in [1.54, 1.807) is 6.92 Å². The largest absolute Gasteiger partial charge is 0.341 e. The van der Waals surface area contributed by atoms with Crippen molar-refractivity contribution in [2.24, 2.45) is 5.73 Å². The number of likely N-dealkylation sites (N-methyl/N-ethyl adjacent to an activating group) is 1. The van der Waals surface area contributed by atoms with Gasteiger partial charge in [0, 0.05) is 13.6 Å². The quantitative estimate of drug-likeness (QED) is 0.574. The van der Waals surface area contributed by atoms with Gasteiger partial charge in [0.25, 0.3) is 0 Å². The molecule has 6 heteroatoms. The third-order valence-electron chi connectivity index (χ3n) is 2.45. The number of urea groups is 1. The van der Waals surface area contributed by atoms with Crippen molar-refractivity contribution >= 4 is 11.9 Å². The second-order valence-electron chi connectivity index (χ2n) is 3.52. The maximum absolute atomic E-state index is 11.6. The van der Waals surface area contributed by atoms with E-state index in [2.05, 4.69) is 10.6 Å². The fourth-order valence-corrected chi connectivity index (χ4v) is 1.36. The molecule has 1 unspecified atom stereocenters. The van der Waals surface area contributed by atoms with Crippen LogP contribution in [0, 0.1) is 0 Å². The Kier molecular flexibility index (Phi) is 7.49. The summed E-state index contributed by atoms with van der Waals surface area (Å²) in [6.07, 6.45) is 0.839. The van der Waals surface area contributed by atoms with Crippen LogP contribution in [0.1, 0.15) is 20.3 Å². The standard InChI is InChI=1S/C10H22N4O2/c1-4-14(7-5-6-11)8(2)9(15)13-10(16)12-3/h8H,4-7,11H2,1-3H3,(H2,12,13,15,16). The van der Waals surface area contributed by atoms with Crippen LogP contribution in [0.4, 0.5) is 4.79 Å². The van der Waals surface area contributed by atoms with Crippen molar-refractivity contribution in [3.05, 3.63) is 0 Å². The van der Waals surface area contributed by atoms with E-state index in [9.17, 15) is 9.59 Å². The second-order valence-corrected chi connectivity index (χ2v) is 3.52. The summed E-state index contributed by atoms with van der Waals surface area (Å²) >= 11 is 0. The molecular weight excluding hydrogens is 208 g/mol. The fourth-order valence-electron chi connectivity index (χ4n) is 1.36. The molecule has 0 saturated heterocycles. The van der Waals surface area contributed by atoms with Crippen LogP contribution in [0.15, 0.2) is 0 Å². The highest BCUT2D eigenvalue weighted by Crippen LogP contribution is 2.00. The summed E-state index contributed by atoms with van der Waals surface area (Å²) in [6.45, 7) is 5.86. The number of nitrogens with two attached hydrogens (primary N) is 1. The van der Waals surface area contributed by atoms with Crippen LogP contribution in [0.2, 0.25) is 0 Å². The number of imide groups is 1. The lowest BCUT2D eigenvalue weighted by atomic mass is 10.2. The number of hydrogen-bond donors (Lipinski definition) is 3. The zero-order valence-corrected chi connectivity index (χ0v) is 10.2. The van der Waals surface area contributed by atoms with Crippen molar-refractivity contribution in [3.63, 3.8) is 0 Å². The molecule has 0 fully saturated rings. The zero-order chi connectivity index (χ0) is 12.6. The Bertz CT molecular complexity index is 233. The van der Waals surface area contributed by atoms with Gasteiger partial charge < -0.3 is 11.1 Å². The Morgan fingerprint density at radius 3 is 2.50 bits per heavy atom. The molecule has 0 aliphatic carbocycles. The minimum atomic E-state index is -0.480. The van der Waals surface area contributed by atoms with E-state index < -0.39 is 6.03 Å². The van der Waals surface area contributed by atoms with Crippen molar-refractivity contribution in [2.75, 3.05) is 26.7 Å². The molecule has 0 aromatic carbocycles. The lowest BCUT2D eigenvalue weighted by molar-refractivity contribution is -0.124. The molecule has 4 N–H and O–H groups in total. The number of hydrogen-bond acceptors (Lipinski definition) is 4. The minimum Gasteiger partial charge on any atom is -0.341 e. The van der Waals surface area contributed by atoms with Crippen molar-refractivity contribution in [2.45, 2.75) is 26.3 Å². The van der Waals surface area contributed by atoms with Gasteiger partial charge in [-0.25, -0.2) is 4.79 Å². The van der Waals surface area contributed by atoms with Crippen molar-refractivity contribution < 1.29 is 9.59 Å². The zero-order valence-electron chi connectivity index (χ0n) is 10.2. The molecule has 0 aromatic rings. The average Bonchev–Trinajstić information content (AvgIpc) is 2.29. The molecule has 0 aromatic heterocycles. The number of carbonyl (C=O) groups excluding carboxylic acids is 2. The van der Waals surface area contributed by atoms with Gasteiger partial charge in [0.1, 0.15) is 0 Å². The normalized spacial score (nSPS) is 12.3. The first-order valence-electron chi connectivity index (χ1n) is 5.53. The molecule has 16 heavy (non-hydrogen) atoms. The molecular formula is C10H22N4O2. The summed E-state index contributed by atoms with van der Waals surface area (Å²) < 4.78 is 0. The highest BCUT2D eigenvalue weighted by molar-refractivity contribution is 5.96. The van der Waals surface area contributed by atoms with Crippen molar-refractivity contribution in [1.29, 1.82) is 0 Å². The Balaban J connectivity index is 4.20. The smallest absolute Gasteiger partial charge is 0.321 e. The number of nitrogens with one attached hydrogen (secondary N) is 2. The predicted octanol–water partition coefficient (Wildman–Crippen LogP) is -0.499. The molecule has 0 aliphatic heterocycles. The van der Waals surface area contributed by atoms with Crippen molar-refractivity contribution in [3.8, 4) is 0 Å². The predicted molar refractivity (Wildman–Crippen MR) is 63.0 cm³/mol. The van der Waals surface area contributed by atoms with Crippen LogP contribution in [-0.4, -0.2) is 49.6 Å². The monoisotopic (exact) mass is 230 g/mol. The number of rotatable bonds is 6. The van der Waals surface area contributed by atoms with Gasteiger partial charge in [0.05, 0.1) is 6.04 Å². The van der Waals surface area contributed by atoms with Crippen LogP contribution in [0.25, 0.3) is 0 Å². The molecule has 0 bridgehead atoms. The summed E-state index contributed by atoms with van der Waals surface area (Å²) in [5.74, 6) is -0.293. The van der Waals surface area contributed by atoms with Gasteiger partial charge in [-0.1, -0.05) is 6.92 Å². The van der Waals surface area contributed by atoms with Crippen LogP contribution in [0.3, 0.4) is 0 Å². The number of nitrogens with zero attached hydrogens (tertiary/aromatic N) is 1. The van der Waals surface area contributed by atoms with Gasteiger partial charge in [0.15, 0.2) is 0 Å². The van der Waals surface area contributed by atoms with E-state index in [1.807, 2.05) is 11.8 Å². The molecule has 0 rings (SSSR count). The van der Waals surface area contributed by atoms with Gasteiger partial charge in [0.2, 0.25) is 5.91 Å². The number of amides is 3. The first-order valence-corrected chi connectivity index (χ1v) is 5.53. The van der Waals surface area contributed by atoms with Gasteiger partial charge in [-0.15, -0.1) is 0 Å². The van der Waals surface area contributed by atoms with Gasteiger partial charge >= 0.3 is 6.03 Å². The van der Waals surface area contributed by atoms with Gasteiger partial charge in [-0.3, -0.25) is 15.0 Å². The minimum absolute atomic E-state index is 0.293. The summed E-state index contributed by atoms with van der Waals surface area (Å²) in [6, 6.07) is -0.805. The highest BCUT2D eigenvalue weighted by atomic mass is 16.2. The summed E-state index contributed by atoms with van der Waals surface area (Å²) in [7, 11) is 1.47. The fraction of sp³-hybridized carbons (Fsp3) is 0.800. The summed E-state index contributed by atoms with van der Waals surface area (Å²) in [5, 5.41) is 4.60. The van der Waals surface area contributed by atoms with Crippen LogP contribution in [-0.2, 0) is 4.79 Å². The van der Waals surface area contributed by atoms with E-state index in [4.69, 9.17) is 5.73 Å². The van der Waals surface area contributed by atoms with Crippen LogP contribution in [0.5, 0.6) is 0 Å². The van der Waals surface area contributed by atoms with E-state index in [0.29, 0.717) is 6.54 Å². The summed E-state index contributed by atoms with van der Waals surface area (Å²) in [5.41, 5.74) is 5.42. The third kappa shape index (κ3) is 5.09. The van der Waals surface area contributed by atoms with E-state index in [-0.39, 0.29) is 11.9 Å². The molecule has 0 spiro atoms. The Hall–Kier alpha value is -1.14. The Morgan fingerprint density at radius 1 is 1.44 bits per heavy atom. The summed E-state index contributed by atoms with van der Waals surface area (Å²) in [4.78, 5) is 24.6. The van der Waals surface area contributed by atoms with E-state index in [0.717, 1.165) is 19.5 Å². The lowest BCUT2D eigenvalue weighted by Gasteiger charge is -2.26. The number of carbonyl (C=O) groups is 2. The Labute approximate surface area is 96.5 Å². The Morgan fingerprint density at radius 2 is 2.06 bits per heavy atom. The van der Waals surface area contributed by atoms with Gasteiger partial charge in [-0.2, -0.15) is 0 Å². The lowest BCUT2D eigenvalue weighted by Crippen LogP contribution is -2.49. The first-order chi connectivity index (χ1) is 7.56. The van der Waals surface area contributed by atoms with Crippen molar-refractivity contribution in [1.82, 2.24) is 15.5 Å². The SMILES string of the molecule is CCN(CCCN)C(C)C(=O)NC(=O)NC. The molecule has 0 saturated carbocycles. The van der Waals surface area contributed by atoms with Crippen LogP contribution >= 0.6 is 0 Å². The maximum Gasteiger partial charge on any atom is 0.321 e. The molecule has 0 aliphatic rings. The molecule has 0 heterocycles. The maximum atomic E-state index is 11.6. The topological polar surface area (TPSA) is 87.5 Å².